The van der Waals surface area contributed by atoms with Gasteiger partial charge in [-0.15, -0.1) is 0 Å². The fourth-order valence-corrected chi connectivity index (χ4v) is 3.43. The third-order valence-corrected chi connectivity index (χ3v) is 5.11. The highest BCUT2D eigenvalue weighted by Crippen LogP contribution is 2.27. The van der Waals surface area contributed by atoms with Gasteiger partial charge in [0.25, 0.3) is 0 Å². The van der Waals surface area contributed by atoms with Crippen molar-refractivity contribution in [3.8, 4) is 0 Å². The number of hydrogen-bond acceptors (Lipinski definition) is 3. The Morgan fingerprint density at radius 1 is 1.04 bits per heavy atom. The molecule has 0 radical (unpaired) electrons. The summed E-state index contributed by atoms with van der Waals surface area (Å²) < 4.78 is 5.74. The van der Waals surface area contributed by atoms with Crippen LogP contribution in [0.5, 0.6) is 0 Å². The highest BCUT2D eigenvalue weighted by atomic mass is 16.3. The molecule has 0 saturated heterocycles. The summed E-state index contributed by atoms with van der Waals surface area (Å²) >= 11 is 0. The zero-order chi connectivity index (χ0) is 19.5. The lowest BCUT2D eigenvalue weighted by Gasteiger charge is -2.18. The molecule has 0 aliphatic rings. The molecule has 1 atom stereocenters. The molecule has 2 aromatic carbocycles. The molecular formula is C24H22N2O2. The molecule has 4 rings (SSSR count). The summed E-state index contributed by atoms with van der Waals surface area (Å²) in [5.74, 6) is -0.0690. The lowest BCUT2D eigenvalue weighted by molar-refractivity contribution is -0.120. The Hall–Kier alpha value is -3.40. The van der Waals surface area contributed by atoms with Gasteiger partial charge in [0.2, 0.25) is 5.91 Å². The number of rotatable bonds is 5. The van der Waals surface area contributed by atoms with Gasteiger partial charge < -0.3 is 9.73 Å². The number of benzene rings is 2. The average molecular weight is 370 g/mol. The molecule has 2 aromatic heterocycles. The predicted octanol–water partition coefficient (Wildman–Crippen LogP) is 4.89. The highest BCUT2D eigenvalue weighted by Gasteiger charge is 2.19. The number of carbonyl (C=O) groups excluding carboxylic acids is 1. The molecule has 4 heteroatoms. The topological polar surface area (TPSA) is 55.1 Å². The van der Waals surface area contributed by atoms with E-state index >= 15 is 0 Å². The third-order valence-electron chi connectivity index (χ3n) is 5.11. The summed E-state index contributed by atoms with van der Waals surface area (Å²) in [5, 5.41) is 4.13. The van der Waals surface area contributed by atoms with Gasteiger partial charge in [-0.2, -0.15) is 0 Å². The van der Waals surface area contributed by atoms with Crippen LogP contribution in [0.2, 0.25) is 0 Å². The van der Waals surface area contributed by atoms with Crippen molar-refractivity contribution in [1.29, 1.82) is 0 Å². The van der Waals surface area contributed by atoms with Crippen LogP contribution < -0.4 is 5.32 Å². The van der Waals surface area contributed by atoms with E-state index in [1.165, 1.54) is 5.56 Å². The fraction of sp³-hybridized carbons (Fsp3) is 0.167. The minimum Gasteiger partial charge on any atom is -0.464 e. The molecule has 0 aliphatic heterocycles. The van der Waals surface area contributed by atoms with Crippen molar-refractivity contribution < 1.29 is 9.21 Å². The standard InChI is InChI=1S/C24H22N2O2/c1-16-11-12-20-19(15-28-24(20)17(16)2)14-22(27)26-23(18-8-4-3-5-9-18)21-10-6-7-13-25-21/h3-13,15,23H,14H2,1-2H3,(H,26,27). The SMILES string of the molecule is Cc1ccc2c(CC(=O)NC(c3ccccc3)c3ccccn3)coc2c1C. The highest BCUT2D eigenvalue weighted by molar-refractivity contribution is 5.89. The smallest absolute Gasteiger partial charge is 0.225 e. The van der Waals surface area contributed by atoms with E-state index in [0.717, 1.165) is 33.4 Å². The molecule has 0 spiro atoms. The number of pyridine rings is 1. The van der Waals surface area contributed by atoms with Crippen LogP contribution in [0.4, 0.5) is 0 Å². The Bertz CT molecular complexity index is 1060. The molecule has 2 heterocycles. The lowest BCUT2D eigenvalue weighted by Crippen LogP contribution is -2.31. The molecule has 1 unspecified atom stereocenters. The van der Waals surface area contributed by atoms with Crippen molar-refractivity contribution >= 4 is 16.9 Å². The van der Waals surface area contributed by atoms with Crippen LogP contribution >= 0.6 is 0 Å². The molecule has 1 N–H and O–H groups in total. The molecular weight excluding hydrogens is 348 g/mol. The molecule has 1 amide bonds. The second-order valence-electron chi connectivity index (χ2n) is 6.99. The molecule has 4 nitrogen and oxygen atoms in total. The number of hydrogen-bond donors (Lipinski definition) is 1. The number of aromatic nitrogens is 1. The van der Waals surface area contributed by atoms with Crippen molar-refractivity contribution in [2.75, 3.05) is 0 Å². The van der Waals surface area contributed by atoms with E-state index in [1.54, 1.807) is 12.5 Å². The largest absolute Gasteiger partial charge is 0.464 e. The lowest BCUT2D eigenvalue weighted by atomic mass is 10.0. The Kier molecular flexibility index (Phi) is 4.94. The second-order valence-corrected chi connectivity index (χ2v) is 6.99. The van der Waals surface area contributed by atoms with Crippen LogP contribution in [0.25, 0.3) is 11.0 Å². The first kappa shape index (κ1) is 18.0. The number of fused-ring (bicyclic) bond motifs is 1. The monoisotopic (exact) mass is 370 g/mol. The van der Waals surface area contributed by atoms with Crippen molar-refractivity contribution in [3.63, 3.8) is 0 Å². The summed E-state index contributed by atoms with van der Waals surface area (Å²) in [4.78, 5) is 17.3. The van der Waals surface area contributed by atoms with E-state index in [2.05, 4.69) is 23.3 Å². The van der Waals surface area contributed by atoms with Crippen LogP contribution in [0.1, 0.15) is 34.0 Å². The zero-order valence-corrected chi connectivity index (χ0v) is 16.0. The number of furan rings is 1. The third kappa shape index (κ3) is 3.54. The van der Waals surface area contributed by atoms with E-state index < -0.39 is 0 Å². The van der Waals surface area contributed by atoms with Crippen LogP contribution in [-0.2, 0) is 11.2 Å². The normalized spacial score (nSPS) is 12.1. The Morgan fingerprint density at radius 3 is 2.57 bits per heavy atom. The van der Waals surface area contributed by atoms with E-state index in [1.807, 2.05) is 61.5 Å². The molecule has 140 valence electrons. The van der Waals surface area contributed by atoms with E-state index in [-0.39, 0.29) is 18.4 Å². The predicted molar refractivity (Wildman–Crippen MR) is 110 cm³/mol. The summed E-state index contributed by atoms with van der Waals surface area (Å²) in [6.45, 7) is 4.10. The number of nitrogens with zero attached hydrogens (tertiary/aromatic N) is 1. The number of aryl methyl sites for hydroxylation is 2. The van der Waals surface area contributed by atoms with Crippen LogP contribution in [0.15, 0.2) is 77.5 Å². The molecule has 0 aliphatic carbocycles. The van der Waals surface area contributed by atoms with Crippen molar-refractivity contribution in [2.24, 2.45) is 0 Å². The number of amides is 1. The maximum absolute atomic E-state index is 12.9. The summed E-state index contributed by atoms with van der Waals surface area (Å²) in [6, 6.07) is 19.4. The Labute approximate surface area is 164 Å². The van der Waals surface area contributed by atoms with Gasteiger partial charge in [-0.3, -0.25) is 9.78 Å². The molecule has 28 heavy (non-hydrogen) atoms. The molecule has 4 aromatic rings. The van der Waals surface area contributed by atoms with E-state index in [4.69, 9.17) is 4.42 Å². The van der Waals surface area contributed by atoms with E-state index in [9.17, 15) is 4.79 Å². The van der Waals surface area contributed by atoms with Crippen LogP contribution in [-0.4, -0.2) is 10.9 Å². The van der Waals surface area contributed by atoms with Gasteiger partial charge in [-0.25, -0.2) is 0 Å². The first-order chi connectivity index (χ1) is 13.6. The van der Waals surface area contributed by atoms with Gasteiger partial charge in [0.1, 0.15) is 5.58 Å². The van der Waals surface area contributed by atoms with Crippen LogP contribution in [0.3, 0.4) is 0 Å². The quantitative estimate of drug-likeness (QED) is 0.544. The minimum absolute atomic E-state index is 0.0690. The van der Waals surface area contributed by atoms with Gasteiger partial charge >= 0.3 is 0 Å². The number of carbonyl (C=O) groups is 1. The average Bonchev–Trinajstić information content (AvgIpc) is 3.13. The van der Waals surface area contributed by atoms with Gasteiger partial charge in [-0.1, -0.05) is 48.5 Å². The van der Waals surface area contributed by atoms with Crippen molar-refractivity contribution in [2.45, 2.75) is 26.3 Å². The number of nitrogens with one attached hydrogen (secondary N) is 1. The molecule has 0 bridgehead atoms. The van der Waals surface area contributed by atoms with Gasteiger partial charge in [-0.05, 0) is 42.7 Å². The molecule has 0 saturated carbocycles. The summed E-state index contributed by atoms with van der Waals surface area (Å²) in [5.41, 5.74) is 5.84. The minimum atomic E-state index is -0.294. The zero-order valence-electron chi connectivity index (χ0n) is 16.0. The Balaban J connectivity index is 1.60. The van der Waals surface area contributed by atoms with Gasteiger partial charge in [0.05, 0.1) is 24.4 Å². The van der Waals surface area contributed by atoms with E-state index in [0.29, 0.717) is 0 Å². The molecule has 0 fully saturated rings. The van der Waals surface area contributed by atoms with Gasteiger partial charge in [0, 0.05) is 17.1 Å². The summed E-state index contributed by atoms with van der Waals surface area (Å²) in [6.07, 6.45) is 3.69. The second kappa shape index (κ2) is 7.69. The van der Waals surface area contributed by atoms with Crippen molar-refractivity contribution in [3.05, 3.63) is 101 Å². The first-order valence-electron chi connectivity index (χ1n) is 9.35. The maximum atomic E-state index is 12.9. The summed E-state index contributed by atoms with van der Waals surface area (Å²) in [7, 11) is 0. The first-order valence-corrected chi connectivity index (χ1v) is 9.35. The fourth-order valence-electron chi connectivity index (χ4n) is 3.43. The maximum Gasteiger partial charge on any atom is 0.225 e. The van der Waals surface area contributed by atoms with Crippen LogP contribution in [0, 0.1) is 13.8 Å². The van der Waals surface area contributed by atoms with Gasteiger partial charge in [0.15, 0.2) is 0 Å². The van der Waals surface area contributed by atoms with Crippen molar-refractivity contribution in [1.82, 2.24) is 10.3 Å². The Morgan fingerprint density at radius 2 is 1.82 bits per heavy atom.